The van der Waals surface area contributed by atoms with Crippen molar-refractivity contribution in [2.24, 2.45) is 5.92 Å². The molecule has 0 radical (unpaired) electrons. The third kappa shape index (κ3) is 2.94. The number of likely N-dealkylation sites (tertiary alicyclic amines) is 1. The number of hydrogen-bond acceptors (Lipinski definition) is 5. The molecule has 1 saturated heterocycles. The molecule has 0 bridgehead atoms. The first-order chi connectivity index (χ1) is 10.1. The van der Waals surface area contributed by atoms with E-state index in [4.69, 9.17) is 0 Å². The second-order valence-electron chi connectivity index (χ2n) is 5.66. The lowest BCUT2D eigenvalue weighted by Crippen LogP contribution is -2.34. The molecule has 2 aromatic heterocycles. The van der Waals surface area contributed by atoms with Crippen molar-refractivity contribution in [1.82, 2.24) is 19.9 Å². The van der Waals surface area contributed by atoms with Crippen LogP contribution < -0.4 is 5.32 Å². The maximum absolute atomic E-state index is 12.0. The molecule has 6 heteroatoms. The predicted octanol–water partition coefficient (Wildman–Crippen LogP) is 1.69. The summed E-state index contributed by atoms with van der Waals surface area (Å²) in [6, 6.07) is 4.06. The van der Waals surface area contributed by atoms with Gasteiger partial charge in [0, 0.05) is 37.4 Å². The van der Waals surface area contributed by atoms with E-state index in [2.05, 4.69) is 20.3 Å². The smallest absolute Gasteiger partial charge is 0.225 e. The van der Waals surface area contributed by atoms with Gasteiger partial charge in [-0.2, -0.15) is 0 Å². The molecule has 2 aromatic rings. The molecule has 1 N–H and O–H groups in total. The Bertz CT molecular complexity index is 657. The molecule has 0 spiro atoms. The lowest BCUT2D eigenvalue weighted by molar-refractivity contribution is -0.133. The number of amides is 1. The van der Waals surface area contributed by atoms with Gasteiger partial charge in [-0.25, -0.2) is 9.97 Å². The molecule has 1 unspecified atom stereocenters. The molecule has 6 nitrogen and oxygen atoms in total. The van der Waals surface area contributed by atoms with Crippen LogP contribution in [0.3, 0.4) is 0 Å². The van der Waals surface area contributed by atoms with Gasteiger partial charge in [-0.05, 0) is 18.6 Å². The Morgan fingerprint density at radius 2 is 2.14 bits per heavy atom. The Hall–Kier alpha value is -2.24. The van der Waals surface area contributed by atoms with Gasteiger partial charge < -0.3 is 10.2 Å². The molecule has 21 heavy (non-hydrogen) atoms. The molecule has 1 aliphatic heterocycles. The minimum Gasteiger partial charge on any atom is -0.365 e. The van der Waals surface area contributed by atoms with Crippen molar-refractivity contribution in [1.29, 1.82) is 0 Å². The monoisotopic (exact) mass is 285 g/mol. The van der Waals surface area contributed by atoms with Crippen LogP contribution in [0.1, 0.15) is 20.3 Å². The van der Waals surface area contributed by atoms with Crippen LogP contribution in [0.15, 0.2) is 24.5 Å². The third-order valence-electron chi connectivity index (χ3n) is 3.68. The summed E-state index contributed by atoms with van der Waals surface area (Å²) in [7, 11) is 0. The fraction of sp³-hybridized carbons (Fsp3) is 0.467. The van der Waals surface area contributed by atoms with E-state index >= 15 is 0 Å². The van der Waals surface area contributed by atoms with Crippen molar-refractivity contribution in [3.05, 3.63) is 24.5 Å². The number of nitrogens with zero attached hydrogens (tertiary/aromatic N) is 4. The molecule has 110 valence electrons. The molecule has 1 aliphatic rings. The molecular weight excluding hydrogens is 266 g/mol. The lowest BCUT2D eigenvalue weighted by Gasteiger charge is -2.19. The summed E-state index contributed by atoms with van der Waals surface area (Å²) < 4.78 is 0. The van der Waals surface area contributed by atoms with E-state index in [1.165, 1.54) is 0 Å². The second kappa shape index (κ2) is 5.63. The Morgan fingerprint density at radius 3 is 2.95 bits per heavy atom. The van der Waals surface area contributed by atoms with Crippen LogP contribution in [0.25, 0.3) is 11.2 Å². The maximum Gasteiger partial charge on any atom is 0.225 e. The largest absolute Gasteiger partial charge is 0.365 e. The van der Waals surface area contributed by atoms with Gasteiger partial charge >= 0.3 is 0 Å². The van der Waals surface area contributed by atoms with Gasteiger partial charge in [0.15, 0.2) is 5.65 Å². The zero-order chi connectivity index (χ0) is 14.8. The van der Waals surface area contributed by atoms with Crippen molar-refractivity contribution in [2.75, 3.05) is 18.4 Å². The number of anilines is 1. The average Bonchev–Trinajstić information content (AvgIpc) is 2.94. The Kier molecular flexibility index (Phi) is 3.68. The van der Waals surface area contributed by atoms with Crippen LogP contribution in [0, 0.1) is 5.92 Å². The van der Waals surface area contributed by atoms with E-state index in [0.717, 1.165) is 30.8 Å². The van der Waals surface area contributed by atoms with Crippen molar-refractivity contribution >= 4 is 22.9 Å². The number of carbonyl (C=O) groups is 1. The highest BCUT2D eigenvalue weighted by atomic mass is 16.2. The van der Waals surface area contributed by atoms with E-state index in [9.17, 15) is 4.79 Å². The summed E-state index contributed by atoms with van der Waals surface area (Å²) in [4.78, 5) is 26.8. The van der Waals surface area contributed by atoms with Crippen molar-refractivity contribution in [3.8, 4) is 0 Å². The van der Waals surface area contributed by atoms with E-state index in [-0.39, 0.29) is 17.9 Å². The normalized spacial score (nSPS) is 18.4. The number of fused-ring (bicyclic) bond motifs is 1. The summed E-state index contributed by atoms with van der Waals surface area (Å²) in [6.45, 7) is 5.42. The fourth-order valence-corrected chi connectivity index (χ4v) is 2.59. The second-order valence-corrected chi connectivity index (χ2v) is 5.66. The molecule has 1 atom stereocenters. The minimum atomic E-state index is 0.0535. The zero-order valence-electron chi connectivity index (χ0n) is 12.3. The van der Waals surface area contributed by atoms with Crippen LogP contribution in [-0.2, 0) is 4.79 Å². The van der Waals surface area contributed by atoms with Gasteiger partial charge in [0.2, 0.25) is 5.91 Å². The summed E-state index contributed by atoms with van der Waals surface area (Å²) >= 11 is 0. The first kappa shape index (κ1) is 13.7. The molecule has 3 heterocycles. The van der Waals surface area contributed by atoms with Crippen LogP contribution in [0.4, 0.5) is 5.82 Å². The third-order valence-corrected chi connectivity index (χ3v) is 3.68. The number of aromatic nitrogens is 3. The molecule has 0 aliphatic carbocycles. The summed E-state index contributed by atoms with van der Waals surface area (Å²) in [6.07, 6.45) is 4.24. The van der Waals surface area contributed by atoms with E-state index < -0.39 is 0 Å². The zero-order valence-corrected chi connectivity index (χ0v) is 12.3. The van der Waals surface area contributed by atoms with E-state index in [0.29, 0.717) is 5.65 Å². The first-order valence-corrected chi connectivity index (χ1v) is 7.26. The predicted molar refractivity (Wildman–Crippen MR) is 80.8 cm³/mol. The van der Waals surface area contributed by atoms with E-state index in [1.54, 1.807) is 12.4 Å². The van der Waals surface area contributed by atoms with Gasteiger partial charge in [-0.1, -0.05) is 13.8 Å². The molecular formula is C15H19N5O. The van der Waals surface area contributed by atoms with Crippen molar-refractivity contribution < 1.29 is 4.79 Å². The van der Waals surface area contributed by atoms with E-state index in [1.807, 2.05) is 30.9 Å². The van der Waals surface area contributed by atoms with Crippen LogP contribution in [-0.4, -0.2) is 44.9 Å². The summed E-state index contributed by atoms with van der Waals surface area (Å²) in [5, 5.41) is 3.38. The van der Waals surface area contributed by atoms with Gasteiger partial charge in [0.05, 0.1) is 0 Å². The number of pyridine rings is 1. The standard InChI is InChI=1S/C15H19N5O/c1-10(2)15(21)20-8-5-11(9-20)18-13-4-3-12-14(19-13)17-7-6-16-12/h3-4,6-7,10-11H,5,8-9H2,1-2H3,(H,17,18,19). The Labute approximate surface area is 123 Å². The minimum absolute atomic E-state index is 0.0535. The van der Waals surface area contributed by atoms with Crippen molar-refractivity contribution in [2.45, 2.75) is 26.3 Å². The van der Waals surface area contributed by atoms with Crippen LogP contribution >= 0.6 is 0 Å². The Morgan fingerprint density at radius 1 is 1.33 bits per heavy atom. The van der Waals surface area contributed by atoms with Crippen LogP contribution in [0.5, 0.6) is 0 Å². The highest BCUT2D eigenvalue weighted by Crippen LogP contribution is 2.17. The van der Waals surface area contributed by atoms with Crippen molar-refractivity contribution in [3.63, 3.8) is 0 Å². The van der Waals surface area contributed by atoms with Gasteiger partial charge in [-0.15, -0.1) is 0 Å². The molecule has 0 saturated carbocycles. The lowest BCUT2D eigenvalue weighted by atomic mass is 10.2. The van der Waals surface area contributed by atoms with Crippen LogP contribution in [0.2, 0.25) is 0 Å². The summed E-state index contributed by atoms with van der Waals surface area (Å²) in [5.41, 5.74) is 1.42. The highest BCUT2D eigenvalue weighted by Gasteiger charge is 2.27. The molecule has 1 amide bonds. The molecule has 0 aromatic carbocycles. The quantitative estimate of drug-likeness (QED) is 0.929. The molecule has 1 fully saturated rings. The van der Waals surface area contributed by atoms with Gasteiger partial charge in [0.1, 0.15) is 11.3 Å². The topological polar surface area (TPSA) is 71.0 Å². The van der Waals surface area contributed by atoms with Gasteiger partial charge in [-0.3, -0.25) is 9.78 Å². The fourth-order valence-electron chi connectivity index (χ4n) is 2.59. The van der Waals surface area contributed by atoms with Gasteiger partial charge in [0.25, 0.3) is 0 Å². The maximum atomic E-state index is 12.0. The number of hydrogen-bond donors (Lipinski definition) is 1. The summed E-state index contributed by atoms with van der Waals surface area (Å²) in [5.74, 6) is 1.06. The SMILES string of the molecule is CC(C)C(=O)N1CCC(Nc2ccc3nccnc3n2)C1. The highest BCUT2D eigenvalue weighted by molar-refractivity contribution is 5.78. The first-order valence-electron chi connectivity index (χ1n) is 7.26. The molecule has 3 rings (SSSR count). The number of rotatable bonds is 3. The Balaban J connectivity index is 1.67. The number of carbonyl (C=O) groups excluding carboxylic acids is 1. The average molecular weight is 285 g/mol. The number of nitrogens with one attached hydrogen (secondary N) is 1.